The highest BCUT2D eigenvalue weighted by Gasteiger charge is 2.14. The second kappa shape index (κ2) is 6.91. The summed E-state index contributed by atoms with van der Waals surface area (Å²) in [6.45, 7) is 0. The van der Waals surface area contributed by atoms with E-state index in [1.807, 2.05) is 18.2 Å². The number of H-pyrrole nitrogens is 1. The Bertz CT molecular complexity index is 824. The third-order valence-corrected chi connectivity index (χ3v) is 3.49. The van der Waals surface area contributed by atoms with Crippen molar-refractivity contribution in [1.82, 2.24) is 10.2 Å². The van der Waals surface area contributed by atoms with Crippen molar-refractivity contribution in [2.75, 3.05) is 19.5 Å². The molecule has 0 bridgehead atoms. The average molecular weight is 327 g/mol. The minimum absolute atomic E-state index is 0.224. The number of hydrogen-bond acceptors (Lipinski definition) is 5. The maximum absolute atomic E-state index is 12.1. The lowest BCUT2D eigenvalue weighted by Crippen LogP contribution is -2.11. The van der Waals surface area contributed by atoms with E-state index in [2.05, 4.69) is 15.5 Å². The number of furan rings is 1. The number of amides is 1. The van der Waals surface area contributed by atoms with Crippen LogP contribution in [0.15, 0.2) is 47.0 Å². The standard InChI is InChI=1S/C17H17N3O4/c1-22-12-3-5-14(23-2)11(9-12)10-13-4-6-15(24-13)17(21)19-16-7-8-18-20-16/h3-9H,10H2,1-2H3,(H2,18,19,20,21). The van der Waals surface area contributed by atoms with Gasteiger partial charge in [-0.15, -0.1) is 0 Å². The largest absolute Gasteiger partial charge is 0.497 e. The molecule has 0 fully saturated rings. The van der Waals surface area contributed by atoms with Crippen molar-refractivity contribution in [3.63, 3.8) is 0 Å². The van der Waals surface area contributed by atoms with Gasteiger partial charge >= 0.3 is 0 Å². The molecule has 0 radical (unpaired) electrons. The normalized spacial score (nSPS) is 10.4. The lowest BCUT2D eigenvalue weighted by atomic mass is 10.1. The molecule has 0 saturated heterocycles. The van der Waals surface area contributed by atoms with Crippen LogP contribution in [0.5, 0.6) is 11.5 Å². The molecule has 3 rings (SSSR count). The number of hydrogen-bond donors (Lipinski definition) is 2. The van der Waals surface area contributed by atoms with Crippen molar-refractivity contribution < 1.29 is 18.7 Å². The number of benzene rings is 1. The number of carbonyl (C=O) groups is 1. The van der Waals surface area contributed by atoms with Crippen LogP contribution in [-0.2, 0) is 6.42 Å². The Labute approximate surface area is 138 Å². The van der Waals surface area contributed by atoms with E-state index in [-0.39, 0.29) is 11.7 Å². The first-order chi connectivity index (χ1) is 11.7. The molecule has 0 aliphatic rings. The number of nitrogens with one attached hydrogen (secondary N) is 2. The number of aromatic nitrogens is 2. The molecule has 0 aliphatic heterocycles. The van der Waals surface area contributed by atoms with Crippen molar-refractivity contribution in [1.29, 1.82) is 0 Å². The summed E-state index contributed by atoms with van der Waals surface area (Å²) in [4.78, 5) is 12.1. The second-order valence-corrected chi connectivity index (χ2v) is 5.04. The molecule has 2 aromatic heterocycles. The summed E-state index contributed by atoms with van der Waals surface area (Å²) in [5.74, 6) is 2.50. The van der Waals surface area contributed by atoms with Gasteiger partial charge < -0.3 is 19.2 Å². The number of methoxy groups -OCH3 is 2. The van der Waals surface area contributed by atoms with Gasteiger partial charge in [0.25, 0.3) is 5.91 Å². The zero-order valence-corrected chi connectivity index (χ0v) is 13.3. The quantitative estimate of drug-likeness (QED) is 0.726. The predicted molar refractivity (Wildman–Crippen MR) is 87.6 cm³/mol. The Morgan fingerprint density at radius 1 is 1.21 bits per heavy atom. The van der Waals surface area contributed by atoms with Gasteiger partial charge in [-0.25, -0.2) is 0 Å². The lowest BCUT2D eigenvalue weighted by Gasteiger charge is -2.09. The zero-order valence-electron chi connectivity index (χ0n) is 13.3. The summed E-state index contributed by atoms with van der Waals surface area (Å²) in [5.41, 5.74) is 0.909. The Kier molecular flexibility index (Phi) is 4.51. The number of nitrogens with zero attached hydrogens (tertiary/aromatic N) is 1. The molecule has 1 amide bonds. The van der Waals surface area contributed by atoms with Crippen molar-refractivity contribution in [3.05, 3.63) is 59.7 Å². The van der Waals surface area contributed by atoms with Gasteiger partial charge in [-0.05, 0) is 30.3 Å². The molecule has 24 heavy (non-hydrogen) atoms. The lowest BCUT2D eigenvalue weighted by molar-refractivity contribution is 0.0994. The maximum Gasteiger partial charge on any atom is 0.292 e. The number of aromatic amines is 1. The van der Waals surface area contributed by atoms with Gasteiger partial charge in [-0.2, -0.15) is 5.10 Å². The fourth-order valence-electron chi connectivity index (χ4n) is 2.31. The van der Waals surface area contributed by atoms with Crippen LogP contribution < -0.4 is 14.8 Å². The molecule has 0 saturated carbocycles. The van der Waals surface area contributed by atoms with Crippen LogP contribution in [0, 0.1) is 0 Å². The number of rotatable bonds is 6. The van der Waals surface area contributed by atoms with Crippen molar-refractivity contribution in [3.8, 4) is 11.5 Å². The molecule has 7 nitrogen and oxygen atoms in total. The van der Waals surface area contributed by atoms with Crippen LogP contribution in [-0.4, -0.2) is 30.3 Å². The van der Waals surface area contributed by atoms with Crippen LogP contribution in [0.25, 0.3) is 0 Å². The molecule has 124 valence electrons. The summed E-state index contributed by atoms with van der Waals surface area (Å²) in [7, 11) is 3.22. The van der Waals surface area contributed by atoms with E-state index >= 15 is 0 Å². The molecular weight excluding hydrogens is 310 g/mol. The minimum Gasteiger partial charge on any atom is -0.497 e. The topological polar surface area (TPSA) is 89.4 Å². The first kappa shape index (κ1) is 15.7. The highest BCUT2D eigenvalue weighted by Crippen LogP contribution is 2.27. The Balaban J connectivity index is 1.75. The van der Waals surface area contributed by atoms with Gasteiger partial charge in [-0.3, -0.25) is 9.89 Å². The van der Waals surface area contributed by atoms with Crippen LogP contribution >= 0.6 is 0 Å². The molecular formula is C17H17N3O4. The Morgan fingerprint density at radius 3 is 2.79 bits per heavy atom. The highest BCUT2D eigenvalue weighted by atomic mass is 16.5. The number of anilines is 1. The molecule has 0 unspecified atom stereocenters. The van der Waals surface area contributed by atoms with Crippen molar-refractivity contribution in [2.45, 2.75) is 6.42 Å². The number of ether oxygens (including phenoxy) is 2. The van der Waals surface area contributed by atoms with Crippen LogP contribution in [0.4, 0.5) is 5.82 Å². The van der Waals surface area contributed by atoms with Gasteiger partial charge in [0.05, 0.1) is 20.4 Å². The first-order valence-corrected chi connectivity index (χ1v) is 7.30. The maximum atomic E-state index is 12.1. The minimum atomic E-state index is -0.344. The van der Waals surface area contributed by atoms with Gasteiger partial charge in [0.2, 0.25) is 0 Å². The van der Waals surface area contributed by atoms with Crippen LogP contribution in [0.2, 0.25) is 0 Å². The third kappa shape index (κ3) is 3.40. The molecule has 0 spiro atoms. The summed E-state index contributed by atoms with van der Waals surface area (Å²) in [5, 5.41) is 9.09. The monoisotopic (exact) mass is 327 g/mol. The van der Waals surface area contributed by atoms with Crippen LogP contribution in [0.1, 0.15) is 21.9 Å². The Hall–Kier alpha value is -3.22. The molecule has 1 aromatic carbocycles. The van der Waals surface area contributed by atoms with E-state index in [0.29, 0.717) is 18.0 Å². The summed E-state index contributed by atoms with van der Waals surface area (Å²) >= 11 is 0. The van der Waals surface area contributed by atoms with Crippen LogP contribution in [0.3, 0.4) is 0 Å². The molecule has 3 aromatic rings. The van der Waals surface area contributed by atoms with Crippen molar-refractivity contribution >= 4 is 11.7 Å². The van der Waals surface area contributed by atoms with E-state index in [1.165, 1.54) is 0 Å². The zero-order chi connectivity index (χ0) is 16.9. The third-order valence-electron chi connectivity index (χ3n) is 3.49. The van der Waals surface area contributed by atoms with Gasteiger partial charge in [0, 0.05) is 18.1 Å². The predicted octanol–water partition coefficient (Wildman–Crippen LogP) is 2.86. The smallest absolute Gasteiger partial charge is 0.292 e. The highest BCUT2D eigenvalue weighted by molar-refractivity contribution is 6.01. The molecule has 0 atom stereocenters. The molecule has 0 aliphatic carbocycles. The molecule has 2 heterocycles. The number of carbonyl (C=O) groups excluding carboxylic acids is 1. The van der Waals surface area contributed by atoms with Gasteiger partial charge in [0.15, 0.2) is 5.76 Å². The van der Waals surface area contributed by atoms with E-state index in [4.69, 9.17) is 13.9 Å². The van der Waals surface area contributed by atoms with Gasteiger partial charge in [-0.1, -0.05) is 0 Å². The van der Waals surface area contributed by atoms with E-state index in [9.17, 15) is 4.79 Å². The summed E-state index contributed by atoms with van der Waals surface area (Å²) < 4.78 is 16.2. The van der Waals surface area contributed by atoms with Crippen molar-refractivity contribution in [2.24, 2.45) is 0 Å². The van der Waals surface area contributed by atoms with Gasteiger partial charge in [0.1, 0.15) is 23.1 Å². The summed E-state index contributed by atoms with van der Waals surface area (Å²) in [6.07, 6.45) is 2.04. The summed E-state index contributed by atoms with van der Waals surface area (Å²) in [6, 6.07) is 10.6. The fraction of sp³-hybridized carbons (Fsp3) is 0.176. The van der Waals surface area contributed by atoms with E-state index < -0.39 is 0 Å². The SMILES string of the molecule is COc1ccc(OC)c(Cc2ccc(C(=O)Nc3ccn[nH]3)o2)c1. The second-order valence-electron chi connectivity index (χ2n) is 5.04. The first-order valence-electron chi connectivity index (χ1n) is 7.30. The average Bonchev–Trinajstić information content (AvgIpc) is 3.26. The molecule has 2 N–H and O–H groups in total. The molecule has 7 heteroatoms. The fourth-order valence-corrected chi connectivity index (χ4v) is 2.31. The van der Waals surface area contributed by atoms with E-state index in [1.54, 1.807) is 38.6 Å². The van der Waals surface area contributed by atoms with E-state index in [0.717, 1.165) is 17.1 Å². The Morgan fingerprint density at radius 2 is 2.08 bits per heavy atom.